The number of ether oxygens (including phenoxy) is 1. The van der Waals surface area contributed by atoms with Crippen molar-refractivity contribution in [3.8, 4) is 11.8 Å². The fraction of sp³-hybridized carbons (Fsp3) is 0.364. The number of benzene rings is 1. The van der Waals surface area contributed by atoms with E-state index < -0.39 is 0 Å². The lowest BCUT2D eigenvalue weighted by atomic mass is 9.93. The number of hydrogen-bond acceptors (Lipinski definition) is 5. The van der Waals surface area contributed by atoms with Crippen LogP contribution in [0.25, 0.3) is 0 Å². The van der Waals surface area contributed by atoms with Crippen molar-refractivity contribution < 1.29 is 9.53 Å². The number of nitrogens with one attached hydrogen (secondary N) is 1. The van der Waals surface area contributed by atoms with Gasteiger partial charge in [0.2, 0.25) is 0 Å². The van der Waals surface area contributed by atoms with E-state index in [-0.39, 0.29) is 18.1 Å². The summed E-state index contributed by atoms with van der Waals surface area (Å²) >= 11 is 11.1. The van der Waals surface area contributed by atoms with E-state index in [1.165, 1.54) is 0 Å². The molecule has 1 fully saturated rings. The third-order valence-electron chi connectivity index (χ3n) is 4.40. The molecule has 8 heteroatoms. The molecule has 1 heterocycles. The third-order valence-corrected chi connectivity index (χ3v) is 4.72. The highest BCUT2D eigenvalue weighted by atomic mass is 35.5. The maximum Gasteiger partial charge on any atom is 0.272 e. The quantitative estimate of drug-likeness (QED) is 0.697. The van der Waals surface area contributed by atoms with Gasteiger partial charge in [0.25, 0.3) is 5.91 Å². The average molecular weight is 447 g/mol. The molecule has 6 nitrogen and oxygen atoms in total. The van der Waals surface area contributed by atoms with Crippen molar-refractivity contribution in [2.24, 2.45) is 0 Å². The molecule has 30 heavy (non-hydrogen) atoms. The minimum absolute atomic E-state index is 0.0753. The highest BCUT2D eigenvalue weighted by Crippen LogP contribution is 2.27. The number of rotatable bonds is 4. The fourth-order valence-corrected chi connectivity index (χ4v) is 3.17. The van der Waals surface area contributed by atoms with Gasteiger partial charge in [-0.3, -0.25) is 4.79 Å². The second-order valence-electron chi connectivity index (χ2n) is 7.05. The molecule has 0 radical (unpaired) electrons. The second-order valence-corrected chi connectivity index (χ2v) is 8.11. The third kappa shape index (κ3) is 7.66. The largest absolute Gasteiger partial charge is 0.490 e. The molecular formula is C22H24Cl2N4O2. The van der Waals surface area contributed by atoms with Gasteiger partial charge in [0.05, 0.1) is 22.4 Å². The van der Waals surface area contributed by atoms with Crippen LogP contribution in [0.4, 0.5) is 0 Å². The van der Waals surface area contributed by atoms with Crippen LogP contribution in [0.15, 0.2) is 41.9 Å². The molecule has 1 amide bonds. The highest BCUT2D eigenvalue weighted by molar-refractivity contribution is 6.31. The smallest absolute Gasteiger partial charge is 0.272 e. The number of amides is 1. The average Bonchev–Trinajstić information content (AvgIpc) is 2.70. The van der Waals surface area contributed by atoms with E-state index in [4.69, 9.17) is 33.2 Å². The van der Waals surface area contributed by atoms with E-state index in [1.807, 2.05) is 13.0 Å². The van der Waals surface area contributed by atoms with Crippen molar-refractivity contribution in [3.63, 3.8) is 0 Å². The maximum absolute atomic E-state index is 12.2. The Morgan fingerprint density at radius 3 is 2.43 bits per heavy atom. The Kier molecular flexibility index (Phi) is 9.10. The van der Waals surface area contributed by atoms with Gasteiger partial charge in [-0.05, 0) is 63.8 Å². The summed E-state index contributed by atoms with van der Waals surface area (Å²) in [7, 11) is 0. The van der Waals surface area contributed by atoms with Gasteiger partial charge < -0.3 is 10.1 Å². The van der Waals surface area contributed by atoms with Crippen LogP contribution in [-0.4, -0.2) is 28.3 Å². The first kappa shape index (κ1) is 23.7. The van der Waals surface area contributed by atoms with Gasteiger partial charge in [0.15, 0.2) is 5.69 Å². The van der Waals surface area contributed by atoms with Crippen LogP contribution < -0.4 is 10.1 Å². The van der Waals surface area contributed by atoms with Crippen molar-refractivity contribution >= 4 is 29.1 Å². The Balaban J connectivity index is 0.000000735. The topological polar surface area (TPSA) is 87.9 Å². The summed E-state index contributed by atoms with van der Waals surface area (Å²) in [4.78, 5) is 12.2. The number of halogens is 2. The lowest BCUT2D eigenvalue weighted by Gasteiger charge is -2.29. The summed E-state index contributed by atoms with van der Waals surface area (Å²) in [6.45, 7) is 6.89. The molecule has 0 saturated heterocycles. The molecule has 158 valence electrons. The predicted octanol–water partition coefficient (Wildman–Crippen LogP) is 5.19. The van der Waals surface area contributed by atoms with Gasteiger partial charge in [0.1, 0.15) is 11.8 Å². The molecule has 0 aliphatic heterocycles. The Bertz CT molecular complexity index is 914. The molecule has 0 spiro atoms. The first-order valence-electron chi connectivity index (χ1n) is 9.57. The number of carbonyl (C=O) groups excluding carboxylic acids is 1. The van der Waals surface area contributed by atoms with Crippen molar-refractivity contribution in [1.82, 2.24) is 15.5 Å². The van der Waals surface area contributed by atoms with Gasteiger partial charge in [-0.25, -0.2) is 0 Å². The van der Waals surface area contributed by atoms with E-state index in [0.717, 1.165) is 31.4 Å². The molecule has 0 atom stereocenters. The number of aryl methyl sites for hydroxylation is 1. The van der Waals surface area contributed by atoms with Crippen molar-refractivity contribution in [3.05, 3.63) is 63.9 Å². The summed E-state index contributed by atoms with van der Waals surface area (Å²) in [5.41, 5.74) is 1.55. The molecule has 1 aliphatic rings. The van der Waals surface area contributed by atoms with Crippen LogP contribution in [0.2, 0.25) is 5.02 Å². The molecule has 0 bridgehead atoms. The van der Waals surface area contributed by atoms with E-state index in [1.54, 1.807) is 37.3 Å². The zero-order chi connectivity index (χ0) is 22.1. The number of hydrogen-bond donors (Lipinski definition) is 1. The molecule has 1 aromatic heterocycles. The normalized spacial score (nSPS) is 17.7. The molecule has 1 aromatic carbocycles. The van der Waals surface area contributed by atoms with Gasteiger partial charge in [-0.2, -0.15) is 10.4 Å². The summed E-state index contributed by atoms with van der Waals surface area (Å²) in [5, 5.41) is 20.8. The van der Waals surface area contributed by atoms with Gasteiger partial charge in [-0.1, -0.05) is 29.8 Å². The fourth-order valence-electron chi connectivity index (χ4n) is 2.96. The van der Waals surface area contributed by atoms with Crippen molar-refractivity contribution in [2.75, 3.05) is 0 Å². The van der Waals surface area contributed by atoms with E-state index >= 15 is 0 Å². The molecule has 0 unspecified atom stereocenters. The van der Waals surface area contributed by atoms with Gasteiger partial charge >= 0.3 is 0 Å². The van der Waals surface area contributed by atoms with Crippen LogP contribution in [0, 0.1) is 18.3 Å². The second kappa shape index (κ2) is 11.5. The van der Waals surface area contributed by atoms with Gasteiger partial charge in [-0.15, -0.1) is 5.10 Å². The number of allylic oxidation sites excluding steroid dienone is 1. The lowest BCUT2D eigenvalue weighted by molar-refractivity contribution is 0.0888. The molecule has 2 aromatic rings. The first-order valence-corrected chi connectivity index (χ1v) is 10.3. The Hall–Kier alpha value is -2.62. The Morgan fingerprint density at radius 2 is 1.90 bits per heavy atom. The minimum Gasteiger partial charge on any atom is -0.490 e. The number of nitrogens with zero attached hydrogens (tertiary/aromatic N) is 3. The predicted molar refractivity (Wildman–Crippen MR) is 118 cm³/mol. The van der Waals surface area contributed by atoms with Crippen molar-refractivity contribution in [1.29, 1.82) is 5.26 Å². The van der Waals surface area contributed by atoms with Crippen molar-refractivity contribution in [2.45, 2.75) is 51.7 Å². The van der Waals surface area contributed by atoms with Crippen LogP contribution in [0.3, 0.4) is 0 Å². The molecule has 3 rings (SSSR count). The molecular weight excluding hydrogens is 423 g/mol. The van der Waals surface area contributed by atoms with Gasteiger partial charge in [0, 0.05) is 17.1 Å². The summed E-state index contributed by atoms with van der Waals surface area (Å²) in [5.74, 6) is 0.470. The highest BCUT2D eigenvalue weighted by Gasteiger charge is 2.24. The summed E-state index contributed by atoms with van der Waals surface area (Å²) in [6.07, 6.45) is 3.41. The van der Waals surface area contributed by atoms with E-state index in [2.05, 4.69) is 22.1 Å². The molecule has 1 saturated carbocycles. The number of nitriles is 1. The summed E-state index contributed by atoms with van der Waals surface area (Å²) in [6, 6.07) is 10.7. The molecule has 1 aliphatic carbocycles. The maximum atomic E-state index is 12.2. The first-order chi connectivity index (χ1) is 14.3. The van der Waals surface area contributed by atoms with Crippen LogP contribution in [-0.2, 0) is 0 Å². The van der Waals surface area contributed by atoms with E-state index in [9.17, 15) is 4.79 Å². The van der Waals surface area contributed by atoms with Crippen LogP contribution in [0.1, 0.15) is 54.4 Å². The van der Waals surface area contributed by atoms with Crippen LogP contribution in [0.5, 0.6) is 5.75 Å². The van der Waals surface area contributed by atoms with E-state index in [0.29, 0.717) is 27.1 Å². The Morgan fingerprint density at radius 1 is 1.23 bits per heavy atom. The lowest BCUT2D eigenvalue weighted by Crippen LogP contribution is -2.40. The van der Waals surface area contributed by atoms with Crippen LogP contribution >= 0.6 is 23.2 Å². The summed E-state index contributed by atoms with van der Waals surface area (Å²) < 4.78 is 5.96. The standard InChI is InChI=1S/C19H19ClN4O2.C3H5Cl/c1-12-2-9-18(24-23-12)19(25)22-14-4-7-15(8-5-14)26-16-6-3-13(11-21)17(20)10-16;1-3(2)4/h2-3,6,9-10,14-15H,4-5,7-8H2,1H3,(H,22,25);1H2,2H3. The zero-order valence-electron chi connectivity index (χ0n) is 17.0. The minimum atomic E-state index is -0.194. The zero-order valence-corrected chi connectivity index (χ0v) is 18.5. The monoisotopic (exact) mass is 446 g/mol. The number of carbonyl (C=O) groups is 1. The SMILES string of the molecule is C=C(C)Cl.Cc1ccc(C(=O)NC2CCC(Oc3ccc(C#N)c(Cl)c3)CC2)nn1. The number of aromatic nitrogens is 2. The Labute approximate surface area is 186 Å². The molecule has 1 N–H and O–H groups in total.